The average Bonchev–Trinajstić information content (AvgIpc) is 2.78. The van der Waals surface area contributed by atoms with E-state index < -0.39 is 0 Å². The SMILES string of the molecule is CNC(=O)c1ccc(NC(=O)c2cc(-c3ccc(F)cc3)nc3ccccc23)cc1. The summed E-state index contributed by atoms with van der Waals surface area (Å²) in [5.74, 6) is -0.834. The highest BCUT2D eigenvalue weighted by Gasteiger charge is 2.14. The molecule has 5 nitrogen and oxygen atoms in total. The predicted molar refractivity (Wildman–Crippen MR) is 115 cm³/mol. The molecule has 0 radical (unpaired) electrons. The van der Waals surface area contributed by atoms with Gasteiger partial charge in [0.15, 0.2) is 0 Å². The minimum atomic E-state index is -0.335. The fourth-order valence-corrected chi connectivity index (χ4v) is 3.18. The summed E-state index contributed by atoms with van der Waals surface area (Å²) in [7, 11) is 1.56. The van der Waals surface area contributed by atoms with Crippen molar-refractivity contribution in [3.05, 3.63) is 95.8 Å². The van der Waals surface area contributed by atoms with Crippen molar-refractivity contribution in [1.82, 2.24) is 10.3 Å². The van der Waals surface area contributed by atoms with Crippen LogP contribution in [-0.4, -0.2) is 23.8 Å². The number of pyridine rings is 1. The minimum absolute atomic E-state index is 0.197. The van der Waals surface area contributed by atoms with Crippen LogP contribution in [0, 0.1) is 5.82 Å². The van der Waals surface area contributed by atoms with Gasteiger partial charge in [0.25, 0.3) is 11.8 Å². The third-order valence-corrected chi connectivity index (χ3v) is 4.73. The molecule has 2 N–H and O–H groups in total. The Morgan fingerprint density at radius 3 is 2.27 bits per heavy atom. The van der Waals surface area contributed by atoms with Gasteiger partial charge in [0.1, 0.15) is 5.82 Å². The van der Waals surface area contributed by atoms with Crippen LogP contribution in [0.25, 0.3) is 22.2 Å². The van der Waals surface area contributed by atoms with Crippen LogP contribution in [0.4, 0.5) is 10.1 Å². The number of rotatable bonds is 4. The molecule has 2 amide bonds. The maximum Gasteiger partial charge on any atom is 0.256 e. The Kier molecular flexibility index (Phi) is 5.22. The summed E-state index contributed by atoms with van der Waals surface area (Å²) in [5, 5.41) is 6.13. The van der Waals surface area contributed by atoms with E-state index in [9.17, 15) is 14.0 Å². The lowest BCUT2D eigenvalue weighted by Crippen LogP contribution is -2.18. The van der Waals surface area contributed by atoms with Crippen LogP contribution in [0.3, 0.4) is 0 Å². The lowest BCUT2D eigenvalue weighted by Gasteiger charge is -2.11. The van der Waals surface area contributed by atoms with Crippen LogP contribution in [0.1, 0.15) is 20.7 Å². The van der Waals surface area contributed by atoms with Gasteiger partial charge in [-0.3, -0.25) is 9.59 Å². The fraction of sp³-hybridized carbons (Fsp3) is 0.0417. The van der Waals surface area contributed by atoms with Crippen molar-refractivity contribution in [2.24, 2.45) is 0 Å². The Bertz CT molecular complexity index is 1240. The van der Waals surface area contributed by atoms with Crippen molar-refractivity contribution < 1.29 is 14.0 Å². The predicted octanol–water partition coefficient (Wildman–Crippen LogP) is 4.65. The highest BCUT2D eigenvalue weighted by molar-refractivity contribution is 6.13. The molecule has 3 aromatic carbocycles. The van der Waals surface area contributed by atoms with Gasteiger partial charge >= 0.3 is 0 Å². The van der Waals surface area contributed by atoms with Crippen LogP contribution >= 0.6 is 0 Å². The largest absolute Gasteiger partial charge is 0.355 e. The first kappa shape index (κ1) is 19.3. The van der Waals surface area contributed by atoms with Crippen molar-refractivity contribution in [3.8, 4) is 11.3 Å². The molecule has 0 unspecified atom stereocenters. The first-order valence-corrected chi connectivity index (χ1v) is 9.34. The van der Waals surface area contributed by atoms with E-state index in [0.717, 1.165) is 0 Å². The lowest BCUT2D eigenvalue weighted by atomic mass is 10.0. The second-order valence-corrected chi connectivity index (χ2v) is 6.69. The maximum atomic E-state index is 13.3. The number of nitrogens with zero attached hydrogens (tertiary/aromatic N) is 1. The highest BCUT2D eigenvalue weighted by atomic mass is 19.1. The van der Waals surface area contributed by atoms with E-state index >= 15 is 0 Å². The normalized spacial score (nSPS) is 10.6. The quantitative estimate of drug-likeness (QED) is 0.525. The van der Waals surface area contributed by atoms with Crippen LogP contribution in [0.5, 0.6) is 0 Å². The summed E-state index contributed by atoms with van der Waals surface area (Å²) in [4.78, 5) is 29.4. The molecule has 148 valence electrons. The van der Waals surface area contributed by atoms with Crippen LogP contribution in [0.15, 0.2) is 78.9 Å². The average molecular weight is 399 g/mol. The first-order chi connectivity index (χ1) is 14.5. The van der Waals surface area contributed by atoms with E-state index in [0.29, 0.717) is 39.0 Å². The molecule has 1 aromatic heterocycles. The summed E-state index contributed by atoms with van der Waals surface area (Å²) < 4.78 is 13.3. The molecular weight excluding hydrogens is 381 g/mol. The summed E-state index contributed by atoms with van der Waals surface area (Å²) in [6, 6.07) is 21.7. The maximum absolute atomic E-state index is 13.3. The smallest absolute Gasteiger partial charge is 0.256 e. The van der Waals surface area contributed by atoms with Crippen LogP contribution < -0.4 is 10.6 Å². The molecule has 0 bridgehead atoms. The van der Waals surface area contributed by atoms with Gasteiger partial charge in [-0.05, 0) is 60.7 Å². The van der Waals surface area contributed by atoms with E-state index in [1.807, 2.05) is 24.3 Å². The number of fused-ring (bicyclic) bond motifs is 1. The number of anilines is 1. The molecule has 0 aliphatic rings. The molecule has 1 heterocycles. The minimum Gasteiger partial charge on any atom is -0.355 e. The standard InChI is InChI=1S/C24H18FN3O2/c1-26-23(29)16-8-12-18(13-9-16)27-24(30)20-14-22(15-6-10-17(25)11-7-15)28-21-5-3-2-4-19(20)21/h2-14H,1H3,(H,26,29)(H,27,30). The number of aromatic nitrogens is 1. The summed E-state index contributed by atoms with van der Waals surface area (Å²) in [6.07, 6.45) is 0. The van der Waals surface area contributed by atoms with E-state index in [2.05, 4.69) is 15.6 Å². The van der Waals surface area contributed by atoms with Gasteiger partial charge in [0.2, 0.25) is 0 Å². The fourth-order valence-electron chi connectivity index (χ4n) is 3.18. The van der Waals surface area contributed by atoms with Gasteiger partial charge in [0.05, 0.1) is 16.8 Å². The number of halogens is 1. The topological polar surface area (TPSA) is 71.1 Å². The summed E-state index contributed by atoms with van der Waals surface area (Å²) in [5.41, 5.74) is 3.48. The van der Waals surface area contributed by atoms with Crippen LogP contribution in [0.2, 0.25) is 0 Å². The molecule has 4 aromatic rings. The van der Waals surface area contributed by atoms with Gasteiger partial charge in [-0.25, -0.2) is 9.37 Å². The number of hydrogen-bond acceptors (Lipinski definition) is 3. The van der Waals surface area contributed by atoms with E-state index in [4.69, 9.17) is 0 Å². The van der Waals surface area contributed by atoms with E-state index in [1.54, 1.807) is 49.5 Å². The number of hydrogen-bond donors (Lipinski definition) is 2. The molecular formula is C24H18FN3O2. The van der Waals surface area contributed by atoms with Crippen LogP contribution in [-0.2, 0) is 0 Å². The number of carbonyl (C=O) groups excluding carboxylic acids is 2. The molecule has 30 heavy (non-hydrogen) atoms. The Hall–Kier alpha value is -4.06. The molecule has 0 aliphatic heterocycles. The second-order valence-electron chi connectivity index (χ2n) is 6.69. The monoisotopic (exact) mass is 399 g/mol. The molecule has 0 spiro atoms. The third-order valence-electron chi connectivity index (χ3n) is 4.73. The Labute approximate surface area is 172 Å². The second kappa shape index (κ2) is 8.13. The first-order valence-electron chi connectivity index (χ1n) is 9.34. The van der Waals surface area contributed by atoms with Crippen molar-refractivity contribution in [2.45, 2.75) is 0 Å². The van der Waals surface area contributed by atoms with Crippen molar-refractivity contribution in [3.63, 3.8) is 0 Å². The Morgan fingerprint density at radius 1 is 0.867 bits per heavy atom. The van der Waals surface area contributed by atoms with Crippen molar-refractivity contribution in [1.29, 1.82) is 0 Å². The van der Waals surface area contributed by atoms with E-state index in [1.165, 1.54) is 12.1 Å². The lowest BCUT2D eigenvalue weighted by molar-refractivity contribution is 0.0962. The third kappa shape index (κ3) is 3.89. The number of benzene rings is 3. The molecule has 6 heteroatoms. The van der Waals surface area contributed by atoms with Crippen molar-refractivity contribution >= 4 is 28.4 Å². The van der Waals surface area contributed by atoms with Gasteiger partial charge in [-0.1, -0.05) is 18.2 Å². The number of nitrogens with one attached hydrogen (secondary N) is 2. The number of carbonyl (C=O) groups is 2. The molecule has 4 rings (SSSR count). The zero-order valence-corrected chi connectivity index (χ0v) is 16.1. The zero-order valence-electron chi connectivity index (χ0n) is 16.1. The molecule has 0 saturated carbocycles. The van der Waals surface area contributed by atoms with Gasteiger partial charge in [0, 0.05) is 29.2 Å². The summed E-state index contributed by atoms with van der Waals surface area (Å²) in [6.45, 7) is 0. The molecule has 0 aliphatic carbocycles. The Balaban J connectivity index is 1.71. The molecule has 0 saturated heterocycles. The van der Waals surface area contributed by atoms with Crippen molar-refractivity contribution in [2.75, 3.05) is 12.4 Å². The van der Waals surface area contributed by atoms with E-state index in [-0.39, 0.29) is 17.6 Å². The van der Waals surface area contributed by atoms with Gasteiger partial charge in [-0.2, -0.15) is 0 Å². The van der Waals surface area contributed by atoms with Gasteiger partial charge in [-0.15, -0.1) is 0 Å². The molecule has 0 atom stereocenters. The molecule has 0 fully saturated rings. The zero-order chi connectivity index (χ0) is 21.1. The number of amides is 2. The number of para-hydroxylation sites is 1. The summed E-state index contributed by atoms with van der Waals surface area (Å²) >= 11 is 0. The Morgan fingerprint density at radius 2 is 1.57 bits per heavy atom. The van der Waals surface area contributed by atoms with Gasteiger partial charge < -0.3 is 10.6 Å². The highest BCUT2D eigenvalue weighted by Crippen LogP contribution is 2.26.